The third-order valence-corrected chi connectivity index (χ3v) is 3.70. The Hall–Kier alpha value is -3.29. The SMILES string of the molecule is C[C@H](C(=O)NCc1cccnc1Oc1ccc(F)cc1F)n1cccn1. The first-order valence-corrected chi connectivity index (χ1v) is 7.88. The lowest BCUT2D eigenvalue weighted by atomic mass is 10.2. The van der Waals surface area contributed by atoms with Crippen LogP contribution in [0.5, 0.6) is 11.6 Å². The van der Waals surface area contributed by atoms with E-state index < -0.39 is 17.7 Å². The van der Waals surface area contributed by atoms with Crippen LogP contribution in [-0.4, -0.2) is 20.7 Å². The molecule has 26 heavy (non-hydrogen) atoms. The van der Waals surface area contributed by atoms with E-state index in [1.165, 1.54) is 16.9 Å². The number of pyridine rings is 1. The van der Waals surface area contributed by atoms with Crippen LogP contribution >= 0.6 is 0 Å². The van der Waals surface area contributed by atoms with Crippen molar-refractivity contribution in [1.82, 2.24) is 20.1 Å². The van der Waals surface area contributed by atoms with Gasteiger partial charge in [-0.25, -0.2) is 13.8 Å². The number of aromatic nitrogens is 3. The predicted molar refractivity (Wildman–Crippen MR) is 89.5 cm³/mol. The molecule has 1 aromatic carbocycles. The molecule has 0 unspecified atom stereocenters. The van der Waals surface area contributed by atoms with Gasteiger partial charge in [0.15, 0.2) is 11.6 Å². The monoisotopic (exact) mass is 358 g/mol. The Balaban J connectivity index is 1.70. The average molecular weight is 358 g/mol. The highest BCUT2D eigenvalue weighted by Gasteiger charge is 2.16. The second kappa shape index (κ2) is 7.73. The highest BCUT2D eigenvalue weighted by Crippen LogP contribution is 2.26. The highest BCUT2D eigenvalue weighted by molar-refractivity contribution is 5.79. The summed E-state index contributed by atoms with van der Waals surface area (Å²) in [5.74, 6) is -1.79. The fourth-order valence-electron chi connectivity index (χ4n) is 2.27. The van der Waals surface area contributed by atoms with E-state index in [-0.39, 0.29) is 24.1 Å². The van der Waals surface area contributed by atoms with Crippen molar-refractivity contribution in [3.8, 4) is 11.6 Å². The zero-order valence-electron chi connectivity index (χ0n) is 13.9. The zero-order chi connectivity index (χ0) is 18.5. The molecule has 1 atom stereocenters. The molecule has 3 rings (SSSR count). The van der Waals surface area contributed by atoms with Gasteiger partial charge in [-0.1, -0.05) is 6.07 Å². The fraction of sp³-hybridized carbons (Fsp3) is 0.167. The first-order chi connectivity index (χ1) is 12.5. The fourth-order valence-corrected chi connectivity index (χ4v) is 2.27. The van der Waals surface area contributed by atoms with E-state index in [2.05, 4.69) is 15.4 Å². The van der Waals surface area contributed by atoms with Gasteiger partial charge in [-0.05, 0) is 31.2 Å². The van der Waals surface area contributed by atoms with Crippen molar-refractivity contribution in [3.63, 3.8) is 0 Å². The molecule has 0 radical (unpaired) electrons. The summed E-state index contributed by atoms with van der Waals surface area (Å²) in [7, 11) is 0. The molecular formula is C18H16F2N4O2. The number of rotatable bonds is 6. The molecule has 2 heterocycles. The van der Waals surface area contributed by atoms with Crippen molar-refractivity contribution >= 4 is 5.91 Å². The summed E-state index contributed by atoms with van der Waals surface area (Å²) in [6, 6.07) is 7.62. The summed E-state index contributed by atoms with van der Waals surface area (Å²) >= 11 is 0. The van der Waals surface area contributed by atoms with Crippen molar-refractivity contribution in [2.75, 3.05) is 0 Å². The van der Waals surface area contributed by atoms with Crippen molar-refractivity contribution in [3.05, 3.63) is 72.2 Å². The number of carbonyl (C=O) groups excluding carboxylic acids is 1. The van der Waals surface area contributed by atoms with Gasteiger partial charge in [0, 0.05) is 36.8 Å². The number of ether oxygens (including phenoxy) is 1. The Kier molecular flexibility index (Phi) is 5.21. The molecule has 0 fully saturated rings. The van der Waals surface area contributed by atoms with Gasteiger partial charge in [-0.3, -0.25) is 9.48 Å². The molecule has 0 aliphatic rings. The third-order valence-electron chi connectivity index (χ3n) is 3.70. The molecule has 0 aliphatic carbocycles. The molecule has 0 saturated carbocycles. The van der Waals surface area contributed by atoms with Gasteiger partial charge < -0.3 is 10.1 Å². The number of hydrogen-bond donors (Lipinski definition) is 1. The minimum atomic E-state index is -0.835. The van der Waals surface area contributed by atoms with E-state index in [1.807, 2.05) is 0 Å². The predicted octanol–water partition coefficient (Wildman–Crippen LogP) is 3.23. The van der Waals surface area contributed by atoms with E-state index in [9.17, 15) is 13.6 Å². The summed E-state index contributed by atoms with van der Waals surface area (Å²) in [6.45, 7) is 1.85. The van der Waals surface area contributed by atoms with E-state index in [1.54, 1.807) is 37.5 Å². The van der Waals surface area contributed by atoms with Crippen molar-refractivity contribution in [2.45, 2.75) is 19.5 Å². The lowest BCUT2D eigenvalue weighted by Gasteiger charge is -2.14. The Bertz CT molecular complexity index is 900. The zero-order valence-corrected chi connectivity index (χ0v) is 13.9. The molecule has 3 aromatic rings. The minimum Gasteiger partial charge on any atom is -0.436 e. The molecule has 8 heteroatoms. The number of nitrogens with one attached hydrogen (secondary N) is 1. The number of hydrogen-bond acceptors (Lipinski definition) is 4. The van der Waals surface area contributed by atoms with Gasteiger partial charge in [-0.2, -0.15) is 5.10 Å². The van der Waals surface area contributed by atoms with Crippen LogP contribution in [0.3, 0.4) is 0 Å². The minimum absolute atomic E-state index is 0.130. The highest BCUT2D eigenvalue weighted by atomic mass is 19.1. The summed E-state index contributed by atoms with van der Waals surface area (Å²) in [5.41, 5.74) is 0.553. The number of carbonyl (C=O) groups is 1. The lowest BCUT2D eigenvalue weighted by molar-refractivity contribution is -0.124. The van der Waals surface area contributed by atoms with Gasteiger partial charge >= 0.3 is 0 Å². The van der Waals surface area contributed by atoms with Gasteiger partial charge in [0.2, 0.25) is 11.8 Å². The standard InChI is InChI=1S/C18H16F2N4O2/c1-12(24-9-3-8-23-24)17(25)22-11-13-4-2-7-21-18(13)26-16-6-5-14(19)10-15(16)20/h2-10,12H,11H2,1H3,(H,22,25)/t12-/m1/s1. The van der Waals surface area contributed by atoms with Crippen LogP contribution < -0.4 is 10.1 Å². The summed E-state index contributed by atoms with van der Waals surface area (Å²) < 4.78 is 33.7. The van der Waals surface area contributed by atoms with Crippen LogP contribution in [0.1, 0.15) is 18.5 Å². The molecule has 0 aliphatic heterocycles. The second-order valence-corrected chi connectivity index (χ2v) is 5.52. The third kappa shape index (κ3) is 4.02. The van der Waals surface area contributed by atoms with E-state index in [4.69, 9.17) is 4.74 Å². The first kappa shape index (κ1) is 17.5. The molecule has 1 amide bonds. The number of nitrogens with zero attached hydrogens (tertiary/aromatic N) is 3. The van der Waals surface area contributed by atoms with Crippen molar-refractivity contribution in [1.29, 1.82) is 0 Å². The van der Waals surface area contributed by atoms with E-state index >= 15 is 0 Å². The molecule has 0 bridgehead atoms. The summed E-state index contributed by atoms with van der Waals surface area (Å²) in [5, 5.41) is 6.79. The van der Waals surface area contributed by atoms with Crippen LogP contribution in [-0.2, 0) is 11.3 Å². The largest absolute Gasteiger partial charge is 0.436 e. The van der Waals surface area contributed by atoms with Crippen LogP contribution in [0.4, 0.5) is 8.78 Å². The molecule has 0 spiro atoms. The average Bonchev–Trinajstić information content (AvgIpc) is 3.17. The number of benzene rings is 1. The van der Waals surface area contributed by atoms with Gasteiger partial charge in [0.05, 0.1) is 0 Å². The second-order valence-electron chi connectivity index (χ2n) is 5.52. The van der Waals surface area contributed by atoms with Crippen molar-refractivity contribution < 1.29 is 18.3 Å². The molecule has 6 nitrogen and oxygen atoms in total. The van der Waals surface area contributed by atoms with Crippen LogP contribution in [0, 0.1) is 11.6 Å². The lowest BCUT2D eigenvalue weighted by Crippen LogP contribution is -2.31. The van der Waals surface area contributed by atoms with E-state index in [0.717, 1.165) is 12.1 Å². The van der Waals surface area contributed by atoms with Gasteiger partial charge in [-0.15, -0.1) is 0 Å². The molecule has 0 saturated heterocycles. The maximum atomic E-state index is 13.8. The number of halogens is 2. The molecule has 1 N–H and O–H groups in total. The Labute approximate surface area is 148 Å². The first-order valence-electron chi connectivity index (χ1n) is 7.88. The molecule has 2 aromatic heterocycles. The normalized spacial score (nSPS) is 11.8. The number of amides is 1. The van der Waals surface area contributed by atoms with Gasteiger partial charge in [0.1, 0.15) is 11.9 Å². The summed E-state index contributed by atoms with van der Waals surface area (Å²) in [6.07, 6.45) is 4.77. The van der Waals surface area contributed by atoms with Crippen LogP contribution in [0.2, 0.25) is 0 Å². The van der Waals surface area contributed by atoms with Crippen LogP contribution in [0.15, 0.2) is 55.0 Å². The Morgan fingerprint density at radius 2 is 2.12 bits per heavy atom. The van der Waals surface area contributed by atoms with E-state index in [0.29, 0.717) is 5.56 Å². The molecular weight excluding hydrogens is 342 g/mol. The van der Waals surface area contributed by atoms with Crippen LogP contribution in [0.25, 0.3) is 0 Å². The Morgan fingerprint density at radius 1 is 1.27 bits per heavy atom. The summed E-state index contributed by atoms with van der Waals surface area (Å²) in [4.78, 5) is 16.3. The quantitative estimate of drug-likeness (QED) is 0.735. The smallest absolute Gasteiger partial charge is 0.244 e. The maximum absolute atomic E-state index is 13.8. The topological polar surface area (TPSA) is 69.0 Å². The van der Waals surface area contributed by atoms with Crippen molar-refractivity contribution in [2.24, 2.45) is 0 Å². The molecule has 134 valence electrons. The van der Waals surface area contributed by atoms with Gasteiger partial charge in [0.25, 0.3) is 0 Å². The maximum Gasteiger partial charge on any atom is 0.244 e. The Morgan fingerprint density at radius 3 is 2.85 bits per heavy atom.